The Morgan fingerprint density at radius 1 is 0.933 bits per heavy atom. The Morgan fingerprint density at radius 3 is 2.50 bits per heavy atom. The van der Waals surface area contributed by atoms with Gasteiger partial charge in [-0.1, -0.05) is 56.3 Å². The number of nitrogens with zero attached hydrogens (tertiary/aromatic N) is 2. The quantitative estimate of drug-likeness (QED) is 0.410. The topological polar surface area (TPSA) is 33.2 Å². The lowest BCUT2D eigenvalue weighted by molar-refractivity contribution is 0.0765. The molecule has 1 aromatic heterocycles. The van der Waals surface area contributed by atoms with Gasteiger partial charge in [-0.05, 0) is 46.3 Å². The Bertz CT molecular complexity index is 1220. The molecular weight excluding hydrogens is 375 g/mol. The zero-order chi connectivity index (χ0) is 21.1. The van der Waals surface area contributed by atoms with Crippen LogP contribution in [0.25, 0.3) is 21.9 Å². The molecule has 150 valence electrons. The first kappa shape index (κ1) is 19.8. The van der Waals surface area contributed by atoms with E-state index in [1.807, 2.05) is 74.6 Å². The first-order valence-corrected chi connectivity index (χ1v) is 10.2. The molecule has 30 heavy (non-hydrogen) atoms. The number of halogens is 1. The van der Waals surface area contributed by atoms with E-state index in [2.05, 4.69) is 4.98 Å². The Morgan fingerprint density at radius 2 is 1.70 bits per heavy atom. The fourth-order valence-electron chi connectivity index (χ4n) is 3.77. The van der Waals surface area contributed by atoms with Crippen molar-refractivity contribution in [2.45, 2.75) is 26.9 Å². The Labute approximate surface area is 175 Å². The number of fused-ring (bicyclic) bond motifs is 2. The van der Waals surface area contributed by atoms with Gasteiger partial charge in [0.2, 0.25) is 0 Å². The van der Waals surface area contributed by atoms with E-state index in [9.17, 15) is 9.18 Å². The van der Waals surface area contributed by atoms with Crippen molar-refractivity contribution in [1.82, 2.24) is 9.88 Å². The van der Waals surface area contributed by atoms with E-state index >= 15 is 0 Å². The van der Waals surface area contributed by atoms with Crippen LogP contribution in [0.5, 0.6) is 0 Å². The standard InChI is InChI=1S/C24H17FN2O.C2H6/c25-23-12-17(16-5-7-19-13-26-10-9-18(19)11-16)6-8-21(23)15-27-14-20-3-1-2-4-22(20)24(27)28;1-2/h1-13H,14-15H2;1-2H3. The molecule has 0 saturated heterocycles. The summed E-state index contributed by atoms with van der Waals surface area (Å²) in [5.74, 6) is -0.335. The van der Waals surface area contributed by atoms with Gasteiger partial charge in [-0.3, -0.25) is 9.78 Å². The number of aromatic nitrogens is 1. The third-order valence-electron chi connectivity index (χ3n) is 5.28. The summed E-state index contributed by atoms with van der Waals surface area (Å²) < 4.78 is 14.8. The van der Waals surface area contributed by atoms with Gasteiger partial charge in [0.25, 0.3) is 5.91 Å². The van der Waals surface area contributed by atoms with E-state index in [4.69, 9.17) is 0 Å². The van der Waals surface area contributed by atoms with Crippen LogP contribution in [0.3, 0.4) is 0 Å². The second kappa shape index (κ2) is 8.46. The summed E-state index contributed by atoms with van der Waals surface area (Å²) in [5, 5.41) is 2.12. The lowest BCUT2D eigenvalue weighted by Crippen LogP contribution is -2.23. The zero-order valence-corrected chi connectivity index (χ0v) is 17.1. The van der Waals surface area contributed by atoms with Crippen LogP contribution in [0.1, 0.15) is 35.3 Å². The molecule has 3 aromatic carbocycles. The summed E-state index contributed by atoms with van der Waals surface area (Å²) in [6.07, 6.45) is 3.56. The van der Waals surface area contributed by atoms with E-state index < -0.39 is 0 Å². The number of hydrogen-bond acceptors (Lipinski definition) is 2. The van der Waals surface area contributed by atoms with Crippen molar-refractivity contribution in [2.75, 3.05) is 0 Å². The highest BCUT2D eigenvalue weighted by Gasteiger charge is 2.27. The van der Waals surface area contributed by atoms with Crippen LogP contribution in [0.4, 0.5) is 4.39 Å². The van der Waals surface area contributed by atoms with Crippen LogP contribution in [-0.2, 0) is 13.1 Å². The molecule has 0 atom stereocenters. The lowest BCUT2D eigenvalue weighted by atomic mass is 10.0. The molecule has 0 saturated carbocycles. The molecule has 0 N–H and O–H groups in total. The average Bonchev–Trinajstić information content (AvgIpc) is 3.11. The van der Waals surface area contributed by atoms with Crippen molar-refractivity contribution in [2.24, 2.45) is 0 Å². The van der Waals surface area contributed by atoms with Crippen LogP contribution in [-0.4, -0.2) is 15.8 Å². The zero-order valence-electron chi connectivity index (χ0n) is 17.1. The maximum Gasteiger partial charge on any atom is 0.254 e. The minimum atomic E-state index is -0.295. The summed E-state index contributed by atoms with van der Waals surface area (Å²) >= 11 is 0. The molecule has 5 rings (SSSR count). The second-order valence-electron chi connectivity index (χ2n) is 7.06. The van der Waals surface area contributed by atoms with E-state index in [1.54, 1.807) is 23.2 Å². The summed E-state index contributed by atoms with van der Waals surface area (Å²) in [7, 11) is 0. The molecule has 0 bridgehead atoms. The number of hydrogen-bond donors (Lipinski definition) is 0. The summed E-state index contributed by atoms with van der Waals surface area (Å²) in [4.78, 5) is 18.3. The number of carbonyl (C=O) groups is 1. The molecule has 0 aliphatic carbocycles. The number of amides is 1. The molecule has 1 aliphatic heterocycles. The van der Waals surface area contributed by atoms with Crippen LogP contribution in [0.2, 0.25) is 0 Å². The van der Waals surface area contributed by atoms with Crippen molar-refractivity contribution in [3.63, 3.8) is 0 Å². The molecule has 1 aliphatic rings. The fourth-order valence-corrected chi connectivity index (χ4v) is 3.77. The molecule has 4 aromatic rings. The maximum absolute atomic E-state index is 14.8. The molecule has 3 nitrogen and oxygen atoms in total. The normalized spacial score (nSPS) is 12.5. The van der Waals surface area contributed by atoms with Gasteiger partial charge in [-0.25, -0.2) is 4.39 Å². The lowest BCUT2D eigenvalue weighted by Gasteiger charge is -2.16. The van der Waals surface area contributed by atoms with Gasteiger partial charge < -0.3 is 4.90 Å². The van der Waals surface area contributed by atoms with E-state index in [-0.39, 0.29) is 18.3 Å². The van der Waals surface area contributed by atoms with Crippen molar-refractivity contribution in [3.05, 3.63) is 102 Å². The van der Waals surface area contributed by atoms with Crippen LogP contribution in [0, 0.1) is 5.82 Å². The molecule has 0 unspecified atom stereocenters. The molecule has 4 heteroatoms. The van der Waals surface area contributed by atoms with Gasteiger partial charge in [-0.2, -0.15) is 0 Å². The van der Waals surface area contributed by atoms with Crippen LogP contribution in [0.15, 0.2) is 79.1 Å². The van der Waals surface area contributed by atoms with E-state index in [0.29, 0.717) is 17.7 Å². The molecular formula is C26H23FN2O. The summed E-state index contributed by atoms with van der Waals surface area (Å²) in [5.41, 5.74) is 4.00. The minimum Gasteiger partial charge on any atom is -0.330 e. The first-order chi connectivity index (χ1) is 14.7. The summed E-state index contributed by atoms with van der Waals surface area (Å²) in [6, 6.07) is 20.7. The summed E-state index contributed by atoms with van der Waals surface area (Å²) in [6.45, 7) is 4.79. The van der Waals surface area contributed by atoms with Gasteiger partial charge >= 0.3 is 0 Å². The largest absolute Gasteiger partial charge is 0.330 e. The van der Waals surface area contributed by atoms with Crippen LogP contribution < -0.4 is 0 Å². The number of pyridine rings is 1. The highest BCUT2D eigenvalue weighted by Crippen LogP contribution is 2.28. The smallest absolute Gasteiger partial charge is 0.254 e. The van der Waals surface area contributed by atoms with Crippen molar-refractivity contribution >= 4 is 16.7 Å². The van der Waals surface area contributed by atoms with Gasteiger partial charge in [-0.15, -0.1) is 0 Å². The molecule has 0 spiro atoms. The fraction of sp³-hybridized carbons (Fsp3) is 0.154. The minimum absolute atomic E-state index is 0.0396. The predicted molar refractivity (Wildman–Crippen MR) is 119 cm³/mol. The third-order valence-corrected chi connectivity index (χ3v) is 5.28. The first-order valence-electron chi connectivity index (χ1n) is 10.2. The Balaban J connectivity index is 0.00000106. The van der Waals surface area contributed by atoms with Gasteiger partial charge in [0.1, 0.15) is 5.82 Å². The number of rotatable bonds is 3. The highest BCUT2D eigenvalue weighted by atomic mass is 19.1. The molecule has 0 fully saturated rings. The molecule has 0 radical (unpaired) electrons. The van der Waals surface area contributed by atoms with E-state index in [0.717, 1.165) is 27.5 Å². The van der Waals surface area contributed by atoms with Gasteiger partial charge in [0.05, 0.1) is 0 Å². The second-order valence-corrected chi connectivity index (χ2v) is 7.06. The van der Waals surface area contributed by atoms with Crippen molar-refractivity contribution in [1.29, 1.82) is 0 Å². The van der Waals surface area contributed by atoms with Crippen molar-refractivity contribution in [3.8, 4) is 11.1 Å². The van der Waals surface area contributed by atoms with Gasteiger partial charge in [0.15, 0.2) is 0 Å². The Kier molecular flexibility index (Phi) is 5.57. The SMILES string of the molecule is CC.O=C1c2ccccc2CN1Cc1ccc(-c2ccc3cnccc3c2)cc1F. The number of benzene rings is 3. The van der Waals surface area contributed by atoms with Crippen LogP contribution >= 0.6 is 0 Å². The molecule has 1 amide bonds. The highest BCUT2D eigenvalue weighted by molar-refractivity contribution is 5.98. The number of carbonyl (C=O) groups excluding carboxylic acids is 1. The van der Waals surface area contributed by atoms with E-state index in [1.165, 1.54) is 0 Å². The third kappa shape index (κ3) is 3.69. The van der Waals surface area contributed by atoms with Gasteiger partial charge in [0, 0.05) is 42.0 Å². The van der Waals surface area contributed by atoms with Crippen molar-refractivity contribution < 1.29 is 9.18 Å². The molecule has 2 heterocycles. The Hall–Kier alpha value is -3.53. The monoisotopic (exact) mass is 398 g/mol. The average molecular weight is 398 g/mol. The predicted octanol–water partition coefficient (Wildman–Crippen LogP) is 6.22. The maximum atomic E-state index is 14.8.